The number of halogens is 1. The molecule has 0 radical (unpaired) electrons. The van der Waals surface area contributed by atoms with E-state index in [0.29, 0.717) is 17.5 Å². The van der Waals surface area contributed by atoms with Crippen molar-refractivity contribution in [2.24, 2.45) is 11.8 Å². The highest BCUT2D eigenvalue weighted by atomic mass is 35.5. The molecule has 1 amide bonds. The van der Waals surface area contributed by atoms with E-state index in [9.17, 15) is 4.79 Å². The summed E-state index contributed by atoms with van der Waals surface area (Å²) in [6.45, 7) is 9.23. The largest absolute Gasteiger partial charge is 0.342 e. The van der Waals surface area contributed by atoms with Gasteiger partial charge in [0.05, 0.1) is 28.9 Å². The molecule has 0 saturated carbocycles. The van der Waals surface area contributed by atoms with Gasteiger partial charge in [-0.25, -0.2) is 0 Å². The zero-order valence-corrected chi connectivity index (χ0v) is 15.7. The molecule has 0 N–H and O–H groups in total. The monoisotopic (exact) mass is 340 g/mol. The number of rotatable bonds is 5. The molecule has 1 fully saturated rings. The average Bonchev–Trinajstić information content (AvgIpc) is 2.73. The van der Waals surface area contributed by atoms with Crippen LogP contribution in [0.15, 0.2) is 0 Å². The van der Waals surface area contributed by atoms with Gasteiger partial charge < -0.3 is 9.80 Å². The Balaban J connectivity index is 1.97. The minimum absolute atomic E-state index is 0.0813. The van der Waals surface area contributed by atoms with Crippen molar-refractivity contribution < 1.29 is 4.79 Å². The van der Waals surface area contributed by atoms with Crippen molar-refractivity contribution in [2.75, 3.05) is 33.7 Å². The van der Waals surface area contributed by atoms with Crippen LogP contribution in [0.2, 0.25) is 5.02 Å². The third-order valence-electron chi connectivity index (χ3n) is 4.62. The van der Waals surface area contributed by atoms with Gasteiger partial charge in [0.15, 0.2) is 0 Å². The quantitative estimate of drug-likeness (QED) is 0.827. The second-order valence-corrected chi connectivity index (χ2v) is 7.50. The molecule has 1 saturated heterocycles. The first-order valence-electron chi connectivity index (χ1n) is 8.42. The maximum Gasteiger partial charge on any atom is 0.227 e. The summed E-state index contributed by atoms with van der Waals surface area (Å²) in [4.78, 5) is 17.0. The van der Waals surface area contributed by atoms with Gasteiger partial charge in [-0.15, -0.1) is 0 Å². The number of hydrogen-bond donors (Lipinski definition) is 0. The number of hydrogen-bond acceptors (Lipinski definition) is 3. The zero-order valence-electron chi connectivity index (χ0n) is 15.0. The summed E-state index contributed by atoms with van der Waals surface area (Å²) in [5, 5.41) is 5.14. The first kappa shape index (κ1) is 18.3. The molecule has 1 aliphatic heterocycles. The highest BCUT2D eigenvalue weighted by molar-refractivity contribution is 6.31. The van der Waals surface area contributed by atoms with Crippen molar-refractivity contribution in [3.05, 3.63) is 16.4 Å². The first-order valence-corrected chi connectivity index (χ1v) is 8.80. The Bertz CT molecular complexity index is 555. The fourth-order valence-electron chi connectivity index (χ4n) is 3.43. The predicted octanol–water partition coefficient (Wildman–Crippen LogP) is 2.59. The van der Waals surface area contributed by atoms with Gasteiger partial charge >= 0.3 is 0 Å². The molecule has 2 atom stereocenters. The third kappa shape index (κ3) is 4.48. The van der Waals surface area contributed by atoms with Crippen molar-refractivity contribution in [2.45, 2.75) is 40.2 Å². The lowest BCUT2D eigenvalue weighted by Crippen LogP contribution is -2.45. The van der Waals surface area contributed by atoms with E-state index >= 15 is 0 Å². The van der Waals surface area contributed by atoms with E-state index < -0.39 is 0 Å². The fourth-order valence-corrected chi connectivity index (χ4v) is 3.57. The van der Waals surface area contributed by atoms with Crippen LogP contribution in [0.1, 0.15) is 31.2 Å². The standard InChI is InChI=1S/C17H29ClN4O/c1-12(9-22-14(3)16(18)13(2)19-22)17(23)21-8-6-7-15(11-21)10-20(4)5/h12,15H,6-11H2,1-5H3/t12-,15+/m0/s1. The van der Waals surface area contributed by atoms with Crippen LogP contribution >= 0.6 is 11.6 Å². The second kappa shape index (κ2) is 7.67. The van der Waals surface area contributed by atoms with E-state index in [1.165, 1.54) is 6.42 Å². The molecular formula is C17H29ClN4O. The van der Waals surface area contributed by atoms with Crippen molar-refractivity contribution in [3.63, 3.8) is 0 Å². The summed E-state index contributed by atoms with van der Waals surface area (Å²) in [5.74, 6) is 0.734. The normalized spacial score (nSPS) is 20.1. The molecule has 1 aromatic heterocycles. The van der Waals surface area contributed by atoms with Gasteiger partial charge in [-0.05, 0) is 46.7 Å². The van der Waals surface area contributed by atoms with Crippen molar-refractivity contribution in [3.8, 4) is 0 Å². The van der Waals surface area contributed by atoms with Crippen LogP contribution in [0.5, 0.6) is 0 Å². The molecule has 23 heavy (non-hydrogen) atoms. The van der Waals surface area contributed by atoms with E-state index in [1.54, 1.807) is 0 Å². The van der Waals surface area contributed by atoms with Crippen LogP contribution in [-0.4, -0.2) is 59.2 Å². The SMILES string of the molecule is Cc1nn(C[C@H](C)C(=O)N2CCC[C@H](CN(C)C)C2)c(C)c1Cl. The summed E-state index contributed by atoms with van der Waals surface area (Å²) in [6, 6.07) is 0. The number of carbonyl (C=O) groups excluding carboxylic acids is 1. The molecule has 1 aliphatic rings. The van der Waals surface area contributed by atoms with Gasteiger partial charge in [0.2, 0.25) is 5.91 Å². The highest BCUT2D eigenvalue weighted by Gasteiger charge is 2.27. The van der Waals surface area contributed by atoms with Gasteiger partial charge in [0, 0.05) is 19.6 Å². The third-order valence-corrected chi connectivity index (χ3v) is 5.16. The smallest absolute Gasteiger partial charge is 0.227 e. The molecule has 1 aromatic rings. The molecule has 130 valence electrons. The van der Waals surface area contributed by atoms with Crippen LogP contribution in [0, 0.1) is 25.7 Å². The summed E-state index contributed by atoms with van der Waals surface area (Å²) in [5.41, 5.74) is 1.76. The summed E-state index contributed by atoms with van der Waals surface area (Å²) in [6.07, 6.45) is 2.31. The van der Waals surface area contributed by atoms with E-state index in [1.807, 2.05) is 30.4 Å². The number of carbonyl (C=O) groups is 1. The zero-order chi connectivity index (χ0) is 17.1. The number of aryl methyl sites for hydroxylation is 1. The van der Waals surface area contributed by atoms with E-state index in [0.717, 1.165) is 37.4 Å². The Morgan fingerprint density at radius 2 is 2.13 bits per heavy atom. The number of likely N-dealkylation sites (tertiary alicyclic amines) is 1. The van der Waals surface area contributed by atoms with E-state index in [2.05, 4.69) is 24.1 Å². The minimum Gasteiger partial charge on any atom is -0.342 e. The lowest BCUT2D eigenvalue weighted by atomic mass is 9.96. The minimum atomic E-state index is -0.0813. The second-order valence-electron chi connectivity index (χ2n) is 7.12. The lowest BCUT2D eigenvalue weighted by molar-refractivity contribution is -0.137. The summed E-state index contributed by atoms with van der Waals surface area (Å²) < 4.78 is 1.86. The van der Waals surface area contributed by atoms with Crippen molar-refractivity contribution in [1.29, 1.82) is 0 Å². The van der Waals surface area contributed by atoms with Crippen LogP contribution < -0.4 is 0 Å². The molecule has 0 aliphatic carbocycles. The first-order chi connectivity index (χ1) is 10.8. The molecule has 2 rings (SSSR count). The molecule has 0 aromatic carbocycles. The molecule has 6 heteroatoms. The number of piperidine rings is 1. The van der Waals surface area contributed by atoms with Crippen LogP contribution in [0.25, 0.3) is 0 Å². The van der Waals surface area contributed by atoms with Gasteiger partial charge in [-0.1, -0.05) is 18.5 Å². The Morgan fingerprint density at radius 1 is 1.43 bits per heavy atom. The predicted molar refractivity (Wildman–Crippen MR) is 93.7 cm³/mol. The number of aromatic nitrogens is 2. The maximum absolute atomic E-state index is 12.8. The molecule has 0 bridgehead atoms. The Labute approximate surface area is 144 Å². The molecule has 0 spiro atoms. The molecule has 0 unspecified atom stereocenters. The topological polar surface area (TPSA) is 41.4 Å². The lowest BCUT2D eigenvalue weighted by Gasteiger charge is -2.35. The fraction of sp³-hybridized carbons (Fsp3) is 0.765. The maximum atomic E-state index is 12.8. The van der Waals surface area contributed by atoms with Crippen molar-refractivity contribution >= 4 is 17.5 Å². The molecule has 2 heterocycles. The Morgan fingerprint density at radius 3 is 2.70 bits per heavy atom. The summed E-state index contributed by atoms with van der Waals surface area (Å²) in [7, 11) is 4.19. The average molecular weight is 341 g/mol. The van der Waals surface area contributed by atoms with Gasteiger partial charge in [-0.2, -0.15) is 5.10 Å². The van der Waals surface area contributed by atoms with Crippen LogP contribution in [0.3, 0.4) is 0 Å². The highest BCUT2D eigenvalue weighted by Crippen LogP contribution is 2.22. The van der Waals surface area contributed by atoms with E-state index in [-0.39, 0.29) is 11.8 Å². The summed E-state index contributed by atoms with van der Waals surface area (Å²) >= 11 is 6.19. The van der Waals surface area contributed by atoms with Gasteiger partial charge in [0.1, 0.15) is 0 Å². The van der Waals surface area contributed by atoms with Crippen LogP contribution in [-0.2, 0) is 11.3 Å². The number of amides is 1. The Kier molecular flexibility index (Phi) is 6.09. The molecule has 5 nitrogen and oxygen atoms in total. The Hall–Kier alpha value is -1.07. The number of nitrogens with zero attached hydrogens (tertiary/aromatic N) is 4. The van der Waals surface area contributed by atoms with E-state index in [4.69, 9.17) is 11.6 Å². The van der Waals surface area contributed by atoms with Crippen molar-refractivity contribution in [1.82, 2.24) is 19.6 Å². The van der Waals surface area contributed by atoms with Crippen LogP contribution in [0.4, 0.5) is 0 Å². The van der Waals surface area contributed by atoms with Gasteiger partial charge in [-0.3, -0.25) is 9.48 Å². The molecular weight excluding hydrogens is 312 g/mol. The van der Waals surface area contributed by atoms with Gasteiger partial charge in [0.25, 0.3) is 0 Å².